The van der Waals surface area contributed by atoms with E-state index in [1.54, 1.807) is 22.3 Å². The molecule has 28 heavy (non-hydrogen) atoms. The molecule has 0 aliphatic carbocycles. The monoisotopic (exact) mass is 389 g/mol. The largest absolute Gasteiger partial charge is 0.484 e. The average Bonchev–Trinajstić information content (AvgIpc) is 3.38. The van der Waals surface area contributed by atoms with Crippen molar-refractivity contribution in [1.82, 2.24) is 4.90 Å². The third-order valence-corrected chi connectivity index (χ3v) is 6.27. The number of amides is 1. The number of Topliss-reactive ketones (excluding diaryl/α,β-unsaturated/α-hetero) is 1. The van der Waals surface area contributed by atoms with Crippen LogP contribution in [0.2, 0.25) is 0 Å². The number of likely N-dealkylation sites (tertiary alicyclic amines) is 1. The van der Waals surface area contributed by atoms with Crippen LogP contribution in [-0.4, -0.2) is 35.3 Å². The first-order valence-electron chi connectivity index (χ1n) is 9.37. The van der Waals surface area contributed by atoms with Gasteiger partial charge >= 0.3 is 0 Å². The molecule has 1 aromatic heterocycles. The third-order valence-electron chi connectivity index (χ3n) is 5.59. The molecule has 0 radical (unpaired) electrons. The molecule has 0 saturated carbocycles. The number of fused-ring (bicyclic) bond motifs is 1. The summed E-state index contributed by atoms with van der Waals surface area (Å²) in [5.41, 5.74) is 2.98. The lowest BCUT2D eigenvalue weighted by Crippen LogP contribution is -2.45. The molecule has 1 unspecified atom stereocenters. The van der Waals surface area contributed by atoms with Crippen molar-refractivity contribution in [3.63, 3.8) is 0 Å². The van der Waals surface area contributed by atoms with E-state index in [1.165, 1.54) is 0 Å². The van der Waals surface area contributed by atoms with Gasteiger partial charge in [-0.25, -0.2) is 0 Å². The second-order valence-corrected chi connectivity index (χ2v) is 8.23. The minimum Gasteiger partial charge on any atom is -0.484 e. The Balaban J connectivity index is 1.33. The average molecular weight is 389 g/mol. The fourth-order valence-corrected chi connectivity index (χ4v) is 4.77. The van der Waals surface area contributed by atoms with Gasteiger partial charge in [-0.05, 0) is 52.2 Å². The Morgan fingerprint density at radius 2 is 1.86 bits per heavy atom. The van der Waals surface area contributed by atoms with E-state index in [-0.39, 0.29) is 11.7 Å². The van der Waals surface area contributed by atoms with Crippen molar-refractivity contribution in [2.45, 2.75) is 18.4 Å². The van der Waals surface area contributed by atoms with Gasteiger partial charge in [0.2, 0.25) is 0 Å². The van der Waals surface area contributed by atoms with Crippen molar-refractivity contribution in [2.24, 2.45) is 0 Å². The molecule has 2 aliphatic heterocycles. The maximum Gasteiger partial charge on any atom is 0.253 e. The number of rotatable bonds is 2. The summed E-state index contributed by atoms with van der Waals surface area (Å²) in [5.74, 6) is 0.716. The van der Waals surface area contributed by atoms with Crippen LogP contribution < -0.4 is 4.74 Å². The Morgan fingerprint density at radius 3 is 2.64 bits per heavy atom. The van der Waals surface area contributed by atoms with Gasteiger partial charge in [0.15, 0.2) is 5.78 Å². The van der Waals surface area contributed by atoms with Crippen LogP contribution in [0.5, 0.6) is 5.75 Å². The Hall–Kier alpha value is -2.92. The number of thiophene rings is 1. The summed E-state index contributed by atoms with van der Waals surface area (Å²) in [6.07, 6.45) is 0.997. The summed E-state index contributed by atoms with van der Waals surface area (Å²) in [6.45, 7) is 1.04. The van der Waals surface area contributed by atoms with Crippen LogP contribution in [0.25, 0.3) is 11.1 Å². The highest BCUT2D eigenvalue weighted by Crippen LogP contribution is 2.39. The molecule has 0 bridgehead atoms. The quantitative estimate of drug-likeness (QED) is 0.640. The Bertz CT molecular complexity index is 1040. The molecule has 2 aromatic carbocycles. The molecule has 1 saturated heterocycles. The number of carbonyl (C=O) groups excluding carboxylic acids is 2. The summed E-state index contributed by atoms with van der Waals surface area (Å²) < 4.78 is 6.22. The Kier molecular flexibility index (Phi) is 4.05. The van der Waals surface area contributed by atoms with Crippen molar-refractivity contribution in [3.05, 3.63) is 76.5 Å². The lowest BCUT2D eigenvalue weighted by Gasteiger charge is -2.34. The van der Waals surface area contributed by atoms with E-state index < -0.39 is 5.60 Å². The van der Waals surface area contributed by atoms with E-state index in [2.05, 4.69) is 11.4 Å². The van der Waals surface area contributed by atoms with Crippen molar-refractivity contribution >= 4 is 23.0 Å². The molecule has 2 aliphatic rings. The molecule has 3 heterocycles. The second-order valence-electron chi connectivity index (χ2n) is 7.45. The first kappa shape index (κ1) is 17.2. The lowest BCUT2D eigenvalue weighted by atomic mass is 9.89. The zero-order chi connectivity index (χ0) is 19.1. The van der Waals surface area contributed by atoms with E-state index in [4.69, 9.17) is 4.74 Å². The predicted molar refractivity (Wildman–Crippen MR) is 109 cm³/mol. The zero-order valence-corrected chi connectivity index (χ0v) is 16.1. The van der Waals surface area contributed by atoms with Crippen LogP contribution in [0.15, 0.2) is 65.4 Å². The number of nitrogens with zero attached hydrogens (tertiary/aromatic N) is 1. The van der Waals surface area contributed by atoms with Gasteiger partial charge < -0.3 is 9.64 Å². The zero-order valence-electron chi connectivity index (χ0n) is 15.3. The van der Waals surface area contributed by atoms with Crippen molar-refractivity contribution in [2.75, 3.05) is 13.1 Å². The number of ether oxygens (including phenoxy) is 1. The van der Waals surface area contributed by atoms with Crippen LogP contribution in [0, 0.1) is 0 Å². The normalized spacial score (nSPS) is 20.9. The number of carbonyl (C=O) groups is 2. The van der Waals surface area contributed by atoms with Gasteiger partial charge in [0, 0.05) is 18.5 Å². The van der Waals surface area contributed by atoms with Gasteiger partial charge in [-0.1, -0.05) is 24.3 Å². The molecule has 1 amide bonds. The summed E-state index contributed by atoms with van der Waals surface area (Å²) in [4.78, 5) is 27.4. The summed E-state index contributed by atoms with van der Waals surface area (Å²) in [5, 5.41) is 4.14. The van der Waals surface area contributed by atoms with E-state index in [0.29, 0.717) is 42.8 Å². The predicted octanol–water partition coefficient (Wildman–Crippen LogP) is 4.67. The number of benzene rings is 2. The lowest BCUT2D eigenvalue weighted by molar-refractivity contribution is 0.0428. The maximum absolute atomic E-state index is 13.0. The van der Waals surface area contributed by atoms with Gasteiger partial charge in [-0.15, -0.1) is 0 Å². The molecule has 1 spiro atoms. The third kappa shape index (κ3) is 2.92. The Morgan fingerprint density at radius 1 is 1.04 bits per heavy atom. The van der Waals surface area contributed by atoms with Crippen LogP contribution in [0.4, 0.5) is 0 Å². The van der Waals surface area contributed by atoms with Crippen LogP contribution in [-0.2, 0) is 0 Å². The molecule has 140 valence electrons. The highest BCUT2D eigenvalue weighted by atomic mass is 32.1. The molecule has 5 heteroatoms. The molecule has 3 aromatic rings. The standard InChI is InChI=1S/C23H19NO3S/c25-20-13-23(27-21-4-2-1-3-19(20)21)10-11-24(15-23)22(26)17-7-5-16(6-8-17)18-9-12-28-14-18/h1-9,12,14H,10-11,13,15H2. The molecular formula is C23H19NO3S. The number of para-hydroxylation sites is 1. The van der Waals surface area contributed by atoms with Crippen LogP contribution in [0.1, 0.15) is 33.6 Å². The highest BCUT2D eigenvalue weighted by Gasteiger charge is 2.46. The van der Waals surface area contributed by atoms with Crippen molar-refractivity contribution in [3.8, 4) is 16.9 Å². The molecule has 1 fully saturated rings. The fourth-order valence-electron chi connectivity index (χ4n) is 4.11. The summed E-state index contributed by atoms with van der Waals surface area (Å²) in [6, 6.07) is 17.2. The van der Waals surface area contributed by atoms with Gasteiger partial charge in [0.25, 0.3) is 5.91 Å². The van der Waals surface area contributed by atoms with Gasteiger partial charge in [0.05, 0.1) is 18.5 Å². The minimum atomic E-state index is -0.599. The van der Waals surface area contributed by atoms with Crippen LogP contribution in [0.3, 0.4) is 0 Å². The number of ketones is 1. The number of hydrogen-bond acceptors (Lipinski definition) is 4. The highest BCUT2D eigenvalue weighted by molar-refractivity contribution is 7.08. The molecule has 5 rings (SSSR count). The van der Waals surface area contributed by atoms with Gasteiger partial charge in [-0.2, -0.15) is 11.3 Å². The van der Waals surface area contributed by atoms with Gasteiger partial charge in [-0.3, -0.25) is 9.59 Å². The van der Waals surface area contributed by atoms with E-state index in [0.717, 1.165) is 11.1 Å². The van der Waals surface area contributed by atoms with Crippen LogP contribution >= 0.6 is 11.3 Å². The topological polar surface area (TPSA) is 46.6 Å². The summed E-state index contributed by atoms with van der Waals surface area (Å²) in [7, 11) is 0. The second kappa shape index (κ2) is 6.60. The fraction of sp³-hybridized carbons (Fsp3) is 0.217. The van der Waals surface area contributed by atoms with Gasteiger partial charge in [0.1, 0.15) is 11.4 Å². The molecule has 0 N–H and O–H groups in total. The molecule has 1 atom stereocenters. The number of hydrogen-bond donors (Lipinski definition) is 0. The van der Waals surface area contributed by atoms with E-state index in [9.17, 15) is 9.59 Å². The molecular weight excluding hydrogens is 370 g/mol. The first-order chi connectivity index (χ1) is 13.6. The first-order valence-corrected chi connectivity index (χ1v) is 10.3. The Labute approximate surface area is 167 Å². The molecule has 4 nitrogen and oxygen atoms in total. The SMILES string of the molecule is O=C1CC2(CCN(C(=O)c3ccc(-c4ccsc4)cc3)C2)Oc2ccccc21. The minimum absolute atomic E-state index is 0.0105. The van der Waals surface area contributed by atoms with Crippen molar-refractivity contribution < 1.29 is 14.3 Å². The van der Waals surface area contributed by atoms with E-state index in [1.807, 2.05) is 47.8 Å². The van der Waals surface area contributed by atoms with E-state index >= 15 is 0 Å². The summed E-state index contributed by atoms with van der Waals surface area (Å²) >= 11 is 1.66. The maximum atomic E-state index is 13.0. The smallest absolute Gasteiger partial charge is 0.253 e. The van der Waals surface area contributed by atoms with Crippen molar-refractivity contribution in [1.29, 1.82) is 0 Å².